The predicted molar refractivity (Wildman–Crippen MR) is 64.8 cm³/mol. The van der Waals surface area contributed by atoms with Crippen molar-refractivity contribution in [2.75, 3.05) is 0 Å². The number of carboxylic acids is 1. The van der Waals surface area contributed by atoms with Crippen molar-refractivity contribution in [3.63, 3.8) is 0 Å². The molecule has 0 spiro atoms. The fraction of sp³-hybridized carbons (Fsp3) is 0.308. The molecule has 0 aliphatic heterocycles. The van der Waals surface area contributed by atoms with Crippen molar-refractivity contribution in [2.45, 2.75) is 25.7 Å². The molecule has 0 fully saturated rings. The Bertz CT molecular complexity index is 449. The van der Waals surface area contributed by atoms with Crippen LogP contribution in [0.3, 0.4) is 0 Å². The van der Waals surface area contributed by atoms with E-state index in [-0.39, 0.29) is 0 Å². The number of hydrogen-bond acceptors (Lipinski definition) is 1. The number of rotatable bonds is 2. The first kappa shape index (κ1) is 11.2. The van der Waals surface area contributed by atoms with Crippen LogP contribution in [-0.2, 0) is 17.6 Å². The van der Waals surface area contributed by atoms with E-state index < -0.39 is 5.97 Å². The molecule has 1 aromatic rings. The average molecular weight is 237 g/mol. The first-order valence-corrected chi connectivity index (χ1v) is 5.77. The lowest BCUT2D eigenvalue weighted by molar-refractivity contribution is -0.131. The molecule has 0 aromatic heterocycles. The van der Waals surface area contributed by atoms with Gasteiger partial charge in [-0.05, 0) is 54.5 Å². The Morgan fingerprint density at radius 3 is 2.62 bits per heavy atom. The number of hydrogen-bond donors (Lipinski definition) is 1. The standard InChI is InChI=1S/C13H13ClO2/c14-12-7-5-9(6-8-13(15)16)10-3-1-2-4-11(10)12/h5-8H,1-4H2,(H,15,16)/b8-6+. The summed E-state index contributed by atoms with van der Waals surface area (Å²) in [6.45, 7) is 0. The van der Waals surface area contributed by atoms with Crippen molar-refractivity contribution in [3.8, 4) is 0 Å². The van der Waals surface area contributed by atoms with Crippen LogP contribution in [0.15, 0.2) is 18.2 Å². The van der Waals surface area contributed by atoms with E-state index in [4.69, 9.17) is 16.7 Å². The number of carbonyl (C=O) groups is 1. The lowest BCUT2D eigenvalue weighted by Crippen LogP contribution is -2.05. The van der Waals surface area contributed by atoms with Crippen molar-refractivity contribution < 1.29 is 9.90 Å². The maximum absolute atomic E-state index is 10.5. The highest BCUT2D eigenvalue weighted by molar-refractivity contribution is 6.31. The molecule has 84 valence electrons. The van der Waals surface area contributed by atoms with Crippen molar-refractivity contribution in [2.24, 2.45) is 0 Å². The summed E-state index contributed by atoms with van der Waals surface area (Å²) in [5.41, 5.74) is 3.40. The van der Waals surface area contributed by atoms with E-state index in [0.717, 1.165) is 29.8 Å². The summed E-state index contributed by atoms with van der Waals surface area (Å²) in [6.07, 6.45) is 7.15. The molecule has 2 nitrogen and oxygen atoms in total. The first-order valence-electron chi connectivity index (χ1n) is 5.40. The summed E-state index contributed by atoms with van der Waals surface area (Å²) < 4.78 is 0. The molecule has 1 aliphatic rings. The number of carboxylic acid groups (broad SMARTS) is 1. The van der Waals surface area contributed by atoms with E-state index >= 15 is 0 Å². The van der Waals surface area contributed by atoms with Gasteiger partial charge >= 0.3 is 5.97 Å². The van der Waals surface area contributed by atoms with Crippen molar-refractivity contribution >= 4 is 23.6 Å². The van der Waals surface area contributed by atoms with Crippen LogP contribution < -0.4 is 0 Å². The third kappa shape index (κ3) is 2.27. The summed E-state index contributed by atoms with van der Waals surface area (Å²) in [4.78, 5) is 10.5. The van der Waals surface area contributed by atoms with E-state index in [1.54, 1.807) is 6.08 Å². The second kappa shape index (κ2) is 4.71. The zero-order valence-electron chi connectivity index (χ0n) is 8.87. The summed E-state index contributed by atoms with van der Waals surface area (Å²) in [5.74, 6) is -0.917. The zero-order chi connectivity index (χ0) is 11.5. The Morgan fingerprint density at radius 1 is 1.25 bits per heavy atom. The Kier molecular flexibility index (Phi) is 3.30. The van der Waals surface area contributed by atoms with E-state index in [1.807, 2.05) is 12.1 Å². The second-order valence-electron chi connectivity index (χ2n) is 3.97. The van der Waals surface area contributed by atoms with Gasteiger partial charge in [-0.3, -0.25) is 0 Å². The third-order valence-electron chi connectivity index (χ3n) is 2.92. The van der Waals surface area contributed by atoms with Crippen LogP contribution in [0.1, 0.15) is 29.5 Å². The van der Waals surface area contributed by atoms with Gasteiger partial charge < -0.3 is 5.11 Å². The fourth-order valence-electron chi connectivity index (χ4n) is 2.17. The molecular formula is C13H13ClO2. The normalized spacial score (nSPS) is 15.1. The number of benzene rings is 1. The molecule has 2 rings (SSSR count). The van der Waals surface area contributed by atoms with Crippen LogP contribution >= 0.6 is 11.6 Å². The molecule has 0 atom stereocenters. The lowest BCUT2D eigenvalue weighted by atomic mass is 9.88. The van der Waals surface area contributed by atoms with Crippen LogP contribution in [0, 0.1) is 0 Å². The predicted octanol–water partition coefficient (Wildman–Crippen LogP) is 3.32. The van der Waals surface area contributed by atoms with Crippen LogP contribution in [0.2, 0.25) is 5.02 Å². The molecule has 1 N–H and O–H groups in total. The highest BCUT2D eigenvalue weighted by Crippen LogP contribution is 2.31. The number of aliphatic carboxylic acids is 1. The molecule has 16 heavy (non-hydrogen) atoms. The van der Waals surface area contributed by atoms with Gasteiger partial charge in [0.2, 0.25) is 0 Å². The minimum Gasteiger partial charge on any atom is -0.478 e. The Hall–Kier alpha value is -1.28. The van der Waals surface area contributed by atoms with Gasteiger partial charge in [0.1, 0.15) is 0 Å². The van der Waals surface area contributed by atoms with Gasteiger partial charge in [-0.1, -0.05) is 17.7 Å². The van der Waals surface area contributed by atoms with Gasteiger partial charge in [0.15, 0.2) is 0 Å². The topological polar surface area (TPSA) is 37.3 Å². The second-order valence-corrected chi connectivity index (χ2v) is 4.38. The van der Waals surface area contributed by atoms with E-state index in [9.17, 15) is 4.79 Å². The molecule has 0 saturated heterocycles. The van der Waals surface area contributed by atoms with E-state index in [2.05, 4.69) is 0 Å². The molecule has 1 aromatic carbocycles. The maximum Gasteiger partial charge on any atom is 0.328 e. The lowest BCUT2D eigenvalue weighted by Gasteiger charge is -2.19. The van der Waals surface area contributed by atoms with E-state index in [1.165, 1.54) is 23.6 Å². The van der Waals surface area contributed by atoms with Crippen LogP contribution in [-0.4, -0.2) is 11.1 Å². The monoisotopic (exact) mass is 236 g/mol. The summed E-state index contributed by atoms with van der Waals surface area (Å²) in [6, 6.07) is 3.75. The minimum absolute atomic E-state index is 0.808. The van der Waals surface area contributed by atoms with Crippen molar-refractivity contribution in [1.82, 2.24) is 0 Å². The molecule has 0 unspecified atom stereocenters. The number of halogens is 1. The molecule has 1 aliphatic carbocycles. The quantitative estimate of drug-likeness (QED) is 0.800. The highest BCUT2D eigenvalue weighted by atomic mass is 35.5. The van der Waals surface area contributed by atoms with Gasteiger partial charge in [-0.2, -0.15) is 0 Å². The number of fused-ring (bicyclic) bond motifs is 1. The minimum atomic E-state index is -0.917. The Morgan fingerprint density at radius 2 is 1.94 bits per heavy atom. The molecule has 0 bridgehead atoms. The van der Waals surface area contributed by atoms with Crippen molar-refractivity contribution in [3.05, 3.63) is 39.9 Å². The van der Waals surface area contributed by atoms with E-state index in [0.29, 0.717) is 0 Å². The Labute approximate surface area is 99.5 Å². The van der Waals surface area contributed by atoms with Gasteiger partial charge in [0.05, 0.1) is 0 Å². The van der Waals surface area contributed by atoms with Gasteiger partial charge in [0, 0.05) is 11.1 Å². The smallest absolute Gasteiger partial charge is 0.328 e. The SMILES string of the molecule is O=C(O)/C=C/c1ccc(Cl)c2c1CCCC2. The summed E-state index contributed by atoms with van der Waals surface area (Å²) >= 11 is 6.14. The third-order valence-corrected chi connectivity index (χ3v) is 3.27. The largest absolute Gasteiger partial charge is 0.478 e. The molecule has 0 heterocycles. The summed E-state index contributed by atoms with van der Waals surface area (Å²) in [7, 11) is 0. The summed E-state index contributed by atoms with van der Waals surface area (Å²) in [5, 5.41) is 9.43. The highest BCUT2D eigenvalue weighted by Gasteiger charge is 2.14. The first-order chi connectivity index (χ1) is 7.68. The molecule has 0 amide bonds. The van der Waals surface area contributed by atoms with Crippen LogP contribution in [0.25, 0.3) is 6.08 Å². The van der Waals surface area contributed by atoms with Gasteiger partial charge in [-0.15, -0.1) is 0 Å². The van der Waals surface area contributed by atoms with Crippen molar-refractivity contribution in [1.29, 1.82) is 0 Å². The Balaban J connectivity index is 2.43. The molecule has 3 heteroatoms. The average Bonchev–Trinajstić information content (AvgIpc) is 2.28. The van der Waals surface area contributed by atoms with Crippen LogP contribution in [0.4, 0.5) is 0 Å². The maximum atomic E-state index is 10.5. The molecular weight excluding hydrogens is 224 g/mol. The molecule has 0 radical (unpaired) electrons. The molecule has 0 saturated carbocycles. The van der Waals surface area contributed by atoms with Gasteiger partial charge in [-0.25, -0.2) is 4.79 Å². The van der Waals surface area contributed by atoms with Crippen LogP contribution in [0.5, 0.6) is 0 Å². The fourth-order valence-corrected chi connectivity index (χ4v) is 2.44. The zero-order valence-corrected chi connectivity index (χ0v) is 9.63. The van der Waals surface area contributed by atoms with Gasteiger partial charge in [0.25, 0.3) is 0 Å².